The molecule has 0 bridgehead atoms. The lowest BCUT2D eigenvalue weighted by atomic mass is 9.78. The Labute approximate surface area is 298 Å². The second-order valence-corrected chi connectivity index (χ2v) is 15.7. The Morgan fingerprint density at radius 1 is 0.686 bits per heavy atom. The lowest BCUT2D eigenvalue weighted by Crippen LogP contribution is -2.53. The van der Waals surface area contributed by atoms with Crippen molar-refractivity contribution in [2.45, 2.75) is 31.7 Å². The molecular formula is C47H33N3S+2. The van der Waals surface area contributed by atoms with Gasteiger partial charge in [-0.1, -0.05) is 66.7 Å². The van der Waals surface area contributed by atoms with Crippen molar-refractivity contribution in [1.82, 2.24) is 4.40 Å². The van der Waals surface area contributed by atoms with Crippen molar-refractivity contribution in [2.75, 3.05) is 0 Å². The average Bonchev–Trinajstić information content (AvgIpc) is 3.83. The molecule has 12 rings (SSSR count). The molecule has 0 N–H and O–H groups in total. The molecule has 0 radical (unpaired) electrons. The summed E-state index contributed by atoms with van der Waals surface area (Å²) < 4.78 is 10.2. The highest BCUT2D eigenvalue weighted by Gasteiger charge is 2.46. The molecule has 0 aliphatic carbocycles. The van der Waals surface area contributed by atoms with Crippen molar-refractivity contribution in [3.63, 3.8) is 0 Å². The lowest BCUT2D eigenvalue weighted by molar-refractivity contribution is -0.727. The molecule has 0 spiro atoms. The van der Waals surface area contributed by atoms with E-state index in [0.29, 0.717) is 0 Å². The number of hydrogen-bond donors (Lipinski definition) is 0. The van der Waals surface area contributed by atoms with E-state index >= 15 is 0 Å². The number of hydrogen-bond acceptors (Lipinski definition) is 1. The Morgan fingerprint density at radius 2 is 1.47 bits per heavy atom. The first-order valence-electron chi connectivity index (χ1n) is 18.0. The molecule has 3 nitrogen and oxygen atoms in total. The summed E-state index contributed by atoms with van der Waals surface area (Å²) in [5.74, 6) is 0.281. The first-order chi connectivity index (χ1) is 25.1. The zero-order chi connectivity index (χ0) is 33.5. The monoisotopic (exact) mass is 671 g/mol. The van der Waals surface area contributed by atoms with E-state index in [2.05, 4.69) is 154 Å². The van der Waals surface area contributed by atoms with E-state index in [0.717, 1.165) is 18.5 Å². The standard InChI is InChI=1S/C47H33N3S/c1-27-17-22-41-38-25-39-34-14-9-13-33-36-20-21-37-32-12-5-6-16-43(32)51-47(37)46(36)50(45(33)34)42(39)24-29(38)18-19-35-30-10-3-4-11-31(30)40-15-7-8-23-48(40)44(35)28(2)49(41)26-27/h3-17,20-26,35,44H,2,18-19H2,1H3/q+2. The van der Waals surface area contributed by atoms with Crippen LogP contribution in [0, 0.1) is 6.92 Å². The highest BCUT2D eigenvalue weighted by Crippen LogP contribution is 2.48. The first-order valence-corrected chi connectivity index (χ1v) is 18.8. The number of allylic oxidation sites excluding steroid dienone is 1. The number of fused-ring (bicyclic) bond motifs is 19. The molecule has 5 aromatic carbocycles. The quantitative estimate of drug-likeness (QED) is 0.142. The van der Waals surface area contributed by atoms with Crippen LogP contribution in [0.3, 0.4) is 0 Å². The van der Waals surface area contributed by atoms with Gasteiger partial charge in [-0.3, -0.25) is 0 Å². The second kappa shape index (κ2) is 9.90. The number of nitrogens with zero attached hydrogens (tertiary/aromatic N) is 3. The Bertz CT molecular complexity index is 3140. The molecule has 2 aliphatic rings. The van der Waals surface area contributed by atoms with Gasteiger partial charge in [-0.2, -0.15) is 9.13 Å². The summed E-state index contributed by atoms with van der Waals surface area (Å²) >= 11 is 1.93. The van der Waals surface area contributed by atoms with Crippen LogP contribution >= 0.6 is 11.3 Å². The van der Waals surface area contributed by atoms with Crippen LogP contribution in [0.4, 0.5) is 0 Å². The third-order valence-corrected chi connectivity index (χ3v) is 13.2. The maximum Gasteiger partial charge on any atom is 0.249 e. The summed E-state index contributed by atoms with van der Waals surface area (Å²) in [6.45, 7) is 7.11. The molecule has 0 amide bonds. The Kier molecular flexibility index (Phi) is 5.42. The van der Waals surface area contributed by atoms with E-state index in [9.17, 15) is 0 Å². The van der Waals surface area contributed by atoms with Crippen LogP contribution in [0.15, 0.2) is 140 Å². The first kappa shape index (κ1) is 27.9. The van der Waals surface area contributed by atoms with Gasteiger partial charge in [0.2, 0.25) is 23.1 Å². The Hall–Kier alpha value is -5.84. The summed E-state index contributed by atoms with van der Waals surface area (Å²) in [5.41, 5.74) is 14.2. The predicted molar refractivity (Wildman–Crippen MR) is 212 cm³/mol. The fourth-order valence-electron chi connectivity index (χ4n) is 9.83. The topological polar surface area (TPSA) is 12.2 Å². The third kappa shape index (κ3) is 3.58. The van der Waals surface area contributed by atoms with Gasteiger partial charge in [-0.15, -0.1) is 11.3 Å². The smallest absolute Gasteiger partial charge is 0.249 e. The van der Waals surface area contributed by atoms with Crippen LogP contribution in [0.25, 0.3) is 86.5 Å². The third-order valence-electron chi connectivity index (χ3n) is 12.0. The van der Waals surface area contributed by atoms with E-state index in [-0.39, 0.29) is 12.0 Å². The van der Waals surface area contributed by atoms with Crippen molar-refractivity contribution in [1.29, 1.82) is 0 Å². The summed E-state index contributed by atoms with van der Waals surface area (Å²) in [4.78, 5) is 0. The fraction of sp³-hybridized carbons (Fsp3) is 0.106. The van der Waals surface area contributed by atoms with Crippen LogP contribution < -0.4 is 9.13 Å². The van der Waals surface area contributed by atoms with Crippen LogP contribution in [0.1, 0.15) is 35.1 Å². The zero-order valence-corrected chi connectivity index (χ0v) is 29.0. The molecule has 5 aromatic heterocycles. The fourth-order valence-corrected chi connectivity index (χ4v) is 11.1. The maximum atomic E-state index is 4.92. The van der Waals surface area contributed by atoms with Gasteiger partial charge in [0, 0.05) is 66.3 Å². The highest BCUT2D eigenvalue weighted by molar-refractivity contribution is 7.26. The molecule has 51 heavy (non-hydrogen) atoms. The van der Waals surface area contributed by atoms with Crippen LogP contribution in [-0.4, -0.2) is 4.40 Å². The minimum absolute atomic E-state index is 0.0952. The molecular weight excluding hydrogens is 639 g/mol. The summed E-state index contributed by atoms with van der Waals surface area (Å²) in [5, 5.41) is 7.99. The molecule has 0 saturated heterocycles. The Morgan fingerprint density at radius 3 is 2.41 bits per heavy atom. The average molecular weight is 672 g/mol. The number of para-hydroxylation sites is 1. The maximum absolute atomic E-state index is 4.92. The van der Waals surface area contributed by atoms with Crippen LogP contribution in [0.5, 0.6) is 0 Å². The van der Waals surface area contributed by atoms with E-state index in [1.54, 1.807) is 0 Å². The van der Waals surface area contributed by atoms with E-state index in [1.807, 2.05) is 11.3 Å². The van der Waals surface area contributed by atoms with Gasteiger partial charge in [-0.25, -0.2) is 0 Å². The SMILES string of the molecule is C=C1C2C(CCc3cc4c(cc3-c3ccc(C)c[n+]31)c1cccc3c5ccc6c7ccccc7sc6c5n4c13)c1ccccc1-c1cccc[n+]12. The van der Waals surface area contributed by atoms with Crippen LogP contribution in [-0.2, 0) is 6.42 Å². The zero-order valence-electron chi connectivity index (χ0n) is 28.2. The molecule has 2 atom stereocenters. The normalized spacial score (nSPS) is 17.0. The minimum Gasteiger partial charge on any atom is -0.307 e. The molecule has 10 aromatic rings. The predicted octanol–water partition coefficient (Wildman–Crippen LogP) is 11.2. The second-order valence-electron chi connectivity index (χ2n) is 14.6. The van der Waals surface area contributed by atoms with Crippen molar-refractivity contribution < 1.29 is 9.13 Å². The molecule has 0 fully saturated rings. The van der Waals surface area contributed by atoms with Gasteiger partial charge in [-0.05, 0) is 73.9 Å². The minimum atomic E-state index is 0.0952. The summed E-state index contributed by atoms with van der Waals surface area (Å²) in [6, 6.07) is 45.8. The number of benzene rings is 5. The van der Waals surface area contributed by atoms with Crippen molar-refractivity contribution >= 4 is 75.3 Å². The van der Waals surface area contributed by atoms with Gasteiger partial charge < -0.3 is 4.40 Å². The van der Waals surface area contributed by atoms with Crippen molar-refractivity contribution in [2.24, 2.45) is 0 Å². The van der Waals surface area contributed by atoms with E-state index < -0.39 is 0 Å². The van der Waals surface area contributed by atoms with Gasteiger partial charge in [0.25, 0.3) is 0 Å². The largest absolute Gasteiger partial charge is 0.307 e. The number of aryl methyl sites for hydroxylation is 2. The molecule has 4 heteroatoms. The van der Waals surface area contributed by atoms with Gasteiger partial charge in [0.05, 0.1) is 32.7 Å². The van der Waals surface area contributed by atoms with Gasteiger partial charge >= 0.3 is 0 Å². The van der Waals surface area contributed by atoms with Crippen molar-refractivity contribution in [3.8, 4) is 22.5 Å². The van der Waals surface area contributed by atoms with Gasteiger partial charge in [0.15, 0.2) is 12.4 Å². The molecule has 2 aliphatic heterocycles. The van der Waals surface area contributed by atoms with E-state index in [1.165, 1.54) is 97.5 Å². The molecule has 0 saturated carbocycles. The molecule has 240 valence electrons. The summed E-state index contributed by atoms with van der Waals surface area (Å²) in [7, 11) is 0. The highest BCUT2D eigenvalue weighted by atomic mass is 32.1. The van der Waals surface area contributed by atoms with Gasteiger partial charge in [0.1, 0.15) is 0 Å². The number of pyridine rings is 2. The summed E-state index contributed by atoms with van der Waals surface area (Å²) in [6.07, 6.45) is 6.56. The number of rotatable bonds is 0. The van der Waals surface area contributed by atoms with Crippen molar-refractivity contribution in [3.05, 3.63) is 157 Å². The lowest BCUT2D eigenvalue weighted by Gasteiger charge is -2.29. The molecule has 2 unspecified atom stereocenters. The Balaban J connectivity index is 1.18. The molecule has 7 heterocycles. The van der Waals surface area contributed by atoms with Crippen LogP contribution in [0.2, 0.25) is 0 Å². The van der Waals surface area contributed by atoms with E-state index in [4.69, 9.17) is 6.58 Å². The number of aromatic nitrogens is 3. The number of thiophene rings is 1.